The first kappa shape index (κ1) is 26.8. The Morgan fingerprint density at radius 1 is 1.09 bits per heavy atom. The highest BCUT2D eigenvalue weighted by atomic mass is 32.2. The average molecular weight is 517 g/mol. The van der Waals surface area contributed by atoms with Crippen LogP contribution in [-0.2, 0) is 19.5 Å². The molecule has 1 unspecified atom stereocenters. The van der Waals surface area contributed by atoms with Crippen LogP contribution in [0.4, 0.5) is 23.7 Å². The number of carbonyl (C=O) groups excluding carboxylic acids is 1. The lowest BCUT2D eigenvalue weighted by Crippen LogP contribution is -2.41. The molecule has 192 valence electrons. The van der Waals surface area contributed by atoms with Gasteiger partial charge in [0.2, 0.25) is 16.1 Å². The first-order valence-corrected chi connectivity index (χ1v) is 12.3. The van der Waals surface area contributed by atoms with Gasteiger partial charge >= 0.3 is 12.3 Å². The minimum atomic E-state index is -4.59. The summed E-state index contributed by atoms with van der Waals surface area (Å²) < 4.78 is 80.6. The van der Waals surface area contributed by atoms with Crippen LogP contribution in [0.1, 0.15) is 18.4 Å². The quantitative estimate of drug-likeness (QED) is 0.561. The first-order chi connectivity index (χ1) is 16.5. The van der Waals surface area contributed by atoms with Crippen LogP contribution in [0.15, 0.2) is 53.4 Å². The second-order valence-electron chi connectivity index (χ2n) is 8.07. The number of benzene rings is 2. The van der Waals surface area contributed by atoms with Gasteiger partial charge in [0.05, 0.1) is 11.5 Å². The Balaban J connectivity index is 1.48. The number of anilines is 1. The molecule has 35 heavy (non-hydrogen) atoms. The average Bonchev–Trinajstić information content (AvgIpc) is 2.80. The van der Waals surface area contributed by atoms with Gasteiger partial charge in [-0.25, -0.2) is 13.2 Å². The van der Waals surface area contributed by atoms with Crippen LogP contribution in [0.3, 0.4) is 0 Å². The van der Waals surface area contributed by atoms with E-state index >= 15 is 0 Å². The molecule has 0 aromatic heterocycles. The molecule has 1 N–H and O–H groups in total. The fraction of sp³-hybridized carbons (Fsp3) is 0.435. The number of hydrogen-bond acceptors (Lipinski definition) is 6. The van der Waals surface area contributed by atoms with Crippen LogP contribution in [0, 0.1) is 6.92 Å². The molecule has 1 atom stereocenters. The highest BCUT2D eigenvalue weighted by molar-refractivity contribution is 7.89. The maximum absolute atomic E-state index is 12.9. The first-order valence-electron chi connectivity index (χ1n) is 10.9. The predicted octanol–water partition coefficient (Wildman–Crippen LogP) is 4.35. The van der Waals surface area contributed by atoms with Gasteiger partial charge < -0.3 is 14.2 Å². The number of ether oxygens (including phenoxy) is 3. The molecule has 1 fully saturated rings. The second kappa shape index (κ2) is 11.3. The maximum Gasteiger partial charge on any atom is 0.427 e. The molecule has 1 heterocycles. The summed E-state index contributed by atoms with van der Waals surface area (Å²) >= 11 is 0. The third kappa shape index (κ3) is 7.33. The van der Waals surface area contributed by atoms with Gasteiger partial charge in [0.15, 0.2) is 0 Å². The highest BCUT2D eigenvalue weighted by Gasteiger charge is 2.42. The number of nitrogens with one attached hydrogen (secondary N) is 1. The van der Waals surface area contributed by atoms with E-state index in [2.05, 4.69) is 10.1 Å². The van der Waals surface area contributed by atoms with Gasteiger partial charge in [-0.2, -0.15) is 17.5 Å². The van der Waals surface area contributed by atoms with E-state index in [4.69, 9.17) is 9.47 Å². The molecule has 1 saturated heterocycles. The minimum absolute atomic E-state index is 0.0366. The summed E-state index contributed by atoms with van der Waals surface area (Å²) in [6.07, 6.45) is -7.24. The zero-order valence-corrected chi connectivity index (χ0v) is 20.1. The molecule has 1 aliphatic rings. The van der Waals surface area contributed by atoms with Crippen molar-refractivity contribution in [2.24, 2.45) is 0 Å². The van der Waals surface area contributed by atoms with E-state index in [1.54, 1.807) is 24.3 Å². The van der Waals surface area contributed by atoms with Crippen LogP contribution in [0.25, 0.3) is 0 Å². The van der Waals surface area contributed by atoms with Crippen molar-refractivity contribution >= 4 is 21.8 Å². The van der Waals surface area contributed by atoms with E-state index in [1.165, 1.54) is 28.6 Å². The molecule has 1 amide bonds. The monoisotopic (exact) mass is 516 g/mol. The molecule has 2 aromatic rings. The standard InChI is InChI=1S/C23H27F3N2O6S/c1-16-3-9-20(10-4-16)35(30,31)28-13-11-19(12-14-28)34-22(29)27-17-5-7-18(8-6-17)33-21(15-32-2)23(24,25)26/h3-10,19,21H,11-15H2,1-2H3,(H,27,29). The topological polar surface area (TPSA) is 94.2 Å². The van der Waals surface area contributed by atoms with Gasteiger partial charge in [0.25, 0.3) is 0 Å². The van der Waals surface area contributed by atoms with Crippen LogP contribution < -0.4 is 10.1 Å². The smallest absolute Gasteiger partial charge is 0.427 e. The molecular weight excluding hydrogens is 489 g/mol. The summed E-state index contributed by atoms with van der Waals surface area (Å²) in [4.78, 5) is 12.4. The Kier molecular flexibility index (Phi) is 8.62. The molecule has 2 aromatic carbocycles. The Bertz CT molecular complexity index is 1080. The van der Waals surface area contributed by atoms with Gasteiger partial charge in [-0.05, 0) is 56.2 Å². The van der Waals surface area contributed by atoms with Crippen molar-refractivity contribution in [3.8, 4) is 5.75 Å². The number of sulfonamides is 1. The SMILES string of the molecule is COCC(Oc1ccc(NC(=O)OC2CCN(S(=O)(=O)c3ccc(C)cc3)CC2)cc1)C(F)(F)F. The lowest BCUT2D eigenvalue weighted by Gasteiger charge is -2.30. The Hall–Kier alpha value is -2.83. The Morgan fingerprint density at radius 2 is 1.69 bits per heavy atom. The third-order valence-corrected chi connectivity index (χ3v) is 7.31. The molecule has 0 spiro atoms. The number of amides is 1. The number of methoxy groups -OCH3 is 1. The molecular formula is C23H27F3N2O6S. The summed E-state index contributed by atoms with van der Waals surface area (Å²) in [7, 11) is -2.47. The van der Waals surface area contributed by atoms with E-state index in [1.807, 2.05) is 6.92 Å². The normalized spacial score (nSPS) is 16.5. The predicted molar refractivity (Wildman–Crippen MR) is 122 cm³/mol. The number of carbonyl (C=O) groups is 1. The summed E-state index contributed by atoms with van der Waals surface area (Å²) in [5, 5.41) is 2.50. The largest absolute Gasteiger partial charge is 0.478 e. The van der Waals surface area contributed by atoms with E-state index in [0.717, 1.165) is 12.7 Å². The van der Waals surface area contributed by atoms with Crippen molar-refractivity contribution in [1.29, 1.82) is 0 Å². The lowest BCUT2D eigenvalue weighted by molar-refractivity contribution is -0.206. The molecule has 0 bridgehead atoms. The molecule has 0 saturated carbocycles. The molecule has 0 aliphatic carbocycles. The van der Waals surface area contributed by atoms with E-state index < -0.39 is 41.1 Å². The van der Waals surface area contributed by atoms with Gasteiger partial charge in [-0.15, -0.1) is 0 Å². The summed E-state index contributed by atoms with van der Waals surface area (Å²) in [6.45, 7) is 1.64. The molecule has 0 radical (unpaired) electrons. The van der Waals surface area contributed by atoms with Crippen molar-refractivity contribution in [1.82, 2.24) is 4.31 Å². The van der Waals surface area contributed by atoms with Gasteiger partial charge in [0.1, 0.15) is 11.9 Å². The number of nitrogens with zero attached hydrogens (tertiary/aromatic N) is 1. The van der Waals surface area contributed by atoms with Crippen LogP contribution in [0.5, 0.6) is 5.75 Å². The summed E-state index contributed by atoms with van der Waals surface area (Å²) in [6, 6.07) is 12.0. The van der Waals surface area contributed by atoms with Gasteiger partial charge in [0, 0.05) is 25.9 Å². The minimum Gasteiger partial charge on any atom is -0.478 e. The maximum atomic E-state index is 12.9. The Labute approximate surface area is 202 Å². The zero-order chi connectivity index (χ0) is 25.6. The van der Waals surface area contributed by atoms with Gasteiger partial charge in [-0.1, -0.05) is 17.7 Å². The lowest BCUT2D eigenvalue weighted by atomic mass is 10.1. The van der Waals surface area contributed by atoms with Crippen molar-refractivity contribution in [3.05, 3.63) is 54.1 Å². The van der Waals surface area contributed by atoms with Crippen molar-refractivity contribution in [2.75, 3.05) is 32.1 Å². The van der Waals surface area contributed by atoms with E-state index in [9.17, 15) is 26.4 Å². The van der Waals surface area contributed by atoms with Crippen LogP contribution >= 0.6 is 0 Å². The fourth-order valence-corrected chi connectivity index (χ4v) is 4.95. The molecule has 1 aliphatic heterocycles. The van der Waals surface area contributed by atoms with Crippen molar-refractivity contribution in [3.63, 3.8) is 0 Å². The number of aryl methyl sites for hydroxylation is 1. The van der Waals surface area contributed by atoms with Crippen molar-refractivity contribution in [2.45, 2.75) is 43.0 Å². The zero-order valence-electron chi connectivity index (χ0n) is 19.2. The molecule has 12 heteroatoms. The van der Waals surface area contributed by atoms with E-state index in [-0.39, 0.29) is 23.7 Å². The number of rotatable bonds is 8. The molecule has 8 nitrogen and oxygen atoms in total. The number of halogens is 3. The second-order valence-corrected chi connectivity index (χ2v) is 10.0. The highest BCUT2D eigenvalue weighted by Crippen LogP contribution is 2.27. The number of piperidine rings is 1. The molecule has 3 rings (SSSR count). The Morgan fingerprint density at radius 3 is 2.23 bits per heavy atom. The van der Waals surface area contributed by atoms with E-state index in [0.29, 0.717) is 18.5 Å². The van der Waals surface area contributed by atoms with Crippen molar-refractivity contribution < 1.29 is 40.6 Å². The third-order valence-electron chi connectivity index (χ3n) is 5.40. The van der Waals surface area contributed by atoms with Gasteiger partial charge in [-0.3, -0.25) is 5.32 Å². The fourth-order valence-electron chi connectivity index (χ4n) is 3.48. The van der Waals surface area contributed by atoms with Crippen LogP contribution in [0.2, 0.25) is 0 Å². The number of alkyl halides is 3. The van der Waals surface area contributed by atoms with Crippen LogP contribution in [-0.4, -0.2) is 64.0 Å². The summed E-state index contributed by atoms with van der Waals surface area (Å²) in [5.74, 6) is -0.0366. The number of hydrogen-bond donors (Lipinski definition) is 1. The summed E-state index contributed by atoms with van der Waals surface area (Å²) in [5.41, 5.74) is 1.26.